The minimum Gasteiger partial charge on any atom is -0.480 e. The van der Waals surface area contributed by atoms with Crippen molar-refractivity contribution in [3.63, 3.8) is 0 Å². The fraction of sp³-hybridized carbons (Fsp3) is 0.500. The molecule has 0 fully saturated rings. The van der Waals surface area contributed by atoms with Crippen molar-refractivity contribution in [2.24, 2.45) is 0 Å². The molecule has 0 aliphatic carbocycles. The SMILES string of the molecule is CC([C](O)O)(C(=O)O)S(=O)(=O)O. The monoisotopic (exact) mass is 199 g/mol. The van der Waals surface area contributed by atoms with Crippen LogP contribution in [0.25, 0.3) is 0 Å². The number of rotatable bonds is 3. The average molecular weight is 199 g/mol. The largest absolute Gasteiger partial charge is 0.480 e. The Balaban J connectivity index is 5.33. The highest BCUT2D eigenvalue weighted by Crippen LogP contribution is 2.24. The molecule has 8 heteroatoms. The number of hydrogen-bond donors (Lipinski definition) is 4. The number of aliphatic carboxylic acids is 1. The van der Waals surface area contributed by atoms with Gasteiger partial charge in [0.2, 0.25) is 4.75 Å². The Bertz CT molecular complexity index is 278. The summed E-state index contributed by atoms with van der Waals surface area (Å²) in [7, 11) is -5.10. The van der Waals surface area contributed by atoms with E-state index in [1.54, 1.807) is 0 Å². The van der Waals surface area contributed by atoms with E-state index < -0.39 is 27.1 Å². The van der Waals surface area contributed by atoms with E-state index in [9.17, 15) is 13.2 Å². The van der Waals surface area contributed by atoms with Gasteiger partial charge in [-0.05, 0) is 6.92 Å². The van der Waals surface area contributed by atoms with E-state index in [2.05, 4.69) is 0 Å². The van der Waals surface area contributed by atoms with Crippen molar-refractivity contribution in [1.82, 2.24) is 0 Å². The summed E-state index contributed by atoms with van der Waals surface area (Å²) in [5.74, 6) is -2.08. The number of hydrogen-bond acceptors (Lipinski definition) is 5. The molecule has 0 saturated carbocycles. The fourth-order valence-electron chi connectivity index (χ4n) is 0.321. The van der Waals surface area contributed by atoms with Crippen LogP contribution in [0.15, 0.2) is 0 Å². The van der Waals surface area contributed by atoms with Crippen molar-refractivity contribution in [2.45, 2.75) is 11.7 Å². The van der Waals surface area contributed by atoms with E-state index in [0.29, 0.717) is 6.92 Å². The fourth-order valence-corrected chi connectivity index (χ4v) is 0.773. The summed E-state index contributed by atoms with van der Waals surface area (Å²) in [6, 6.07) is 0. The molecule has 0 bridgehead atoms. The first kappa shape index (κ1) is 11.3. The Morgan fingerprint density at radius 3 is 1.58 bits per heavy atom. The molecular formula is C4H7O7S. The van der Waals surface area contributed by atoms with Crippen LogP contribution >= 0.6 is 0 Å². The van der Waals surface area contributed by atoms with Crippen LogP contribution in [0, 0.1) is 6.29 Å². The van der Waals surface area contributed by atoms with Gasteiger partial charge in [0, 0.05) is 0 Å². The Morgan fingerprint density at radius 1 is 1.25 bits per heavy atom. The molecule has 1 atom stereocenters. The van der Waals surface area contributed by atoms with Gasteiger partial charge in [-0.15, -0.1) is 0 Å². The summed E-state index contributed by atoms with van der Waals surface area (Å²) >= 11 is 0. The highest BCUT2D eigenvalue weighted by Gasteiger charge is 2.53. The molecule has 0 amide bonds. The lowest BCUT2D eigenvalue weighted by molar-refractivity contribution is -0.143. The third kappa shape index (κ3) is 1.55. The highest BCUT2D eigenvalue weighted by molar-refractivity contribution is 7.88. The zero-order chi connectivity index (χ0) is 10.2. The van der Waals surface area contributed by atoms with Crippen LogP contribution < -0.4 is 0 Å². The van der Waals surface area contributed by atoms with Crippen molar-refractivity contribution in [1.29, 1.82) is 0 Å². The van der Waals surface area contributed by atoms with Crippen LogP contribution in [-0.4, -0.2) is 39.0 Å². The lowest BCUT2D eigenvalue weighted by Gasteiger charge is -2.20. The summed E-state index contributed by atoms with van der Waals surface area (Å²) in [5.41, 5.74) is 0. The van der Waals surface area contributed by atoms with Gasteiger partial charge in [0.25, 0.3) is 16.4 Å². The number of aliphatic hydroxyl groups is 2. The molecule has 0 spiro atoms. The molecule has 12 heavy (non-hydrogen) atoms. The number of aliphatic hydroxyl groups excluding tert-OH is 1. The molecular weight excluding hydrogens is 192 g/mol. The number of carbonyl (C=O) groups is 1. The standard InChI is InChI=1S/C4H7O7S/c1-4(2(5)6,3(7)8)12(9,10)11/h5-6H,1H3,(H,7,8)(H,9,10,11). The Labute approximate surface area is 68.0 Å². The molecule has 4 N–H and O–H groups in total. The summed E-state index contributed by atoms with van der Waals surface area (Å²) in [5, 5.41) is 24.9. The first-order valence-corrected chi connectivity index (χ1v) is 4.04. The number of carboxylic acids is 1. The van der Waals surface area contributed by atoms with Crippen LogP contribution in [0.2, 0.25) is 0 Å². The molecule has 0 aliphatic rings. The Hall–Kier alpha value is -0.700. The predicted molar refractivity (Wildman–Crippen MR) is 34.7 cm³/mol. The van der Waals surface area contributed by atoms with Gasteiger partial charge >= 0.3 is 5.97 Å². The predicted octanol–water partition coefficient (Wildman–Crippen LogP) is -1.05. The van der Waals surface area contributed by atoms with Crippen molar-refractivity contribution in [3.8, 4) is 0 Å². The van der Waals surface area contributed by atoms with Gasteiger partial charge in [0.1, 0.15) is 0 Å². The first-order chi connectivity index (χ1) is 5.14. The molecule has 0 heterocycles. The molecule has 0 aromatic rings. The summed E-state index contributed by atoms with van der Waals surface area (Å²) in [6.07, 6.45) is -1.89. The highest BCUT2D eigenvalue weighted by atomic mass is 32.2. The van der Waals surface area contributed by atoms with E-state index in [1.165, 1.54) is 0 Å². The molecule has 0 rings (SSSR count). The van der Waals surface area contributed by atoms with Gasteiger partial charge in [-0.3, -0.25) is 9.35 Å². The second-order valence-electron chi connectivity index (χ2n) is 2.14. The maximum Gasteiger partial charge on any atom is 0.333 e. The molecule has 0 aromatic heterocycles. The summed E-state index contributed by atoms with van der Waals surface area (Å²) in [6.45, 7) is 0.444. The van der Waals surface area contributed by atoms with Gasteiger partial charge in [-0.1, -0.05) is 0 Å². The molecule has 0 aliphatic heterocycles. The van der Waals surface area contributed by atoms with Crippen LogP contribution in [0.5, 0.6) is 0 Å². The summed E-state index contributed by atoms with van der Waals surface area (Å²) < 4.78 is 26.0. The zero-order valence-corrected chi connectivity index (χ0v) is 6.74. The second kappa shape index (κ2) is 2.98. The smallest absolute Gasteiger partial charge is 0.333 e. The van der Waals surface area contributed by atoms with E-state index in [4.69, 9.17) is 19.9 Å². The van der Waals surface area contributed by atoms with Crippen LogP contribution in [0.1, 0.15) is 6.92 Å². The van der Waals surface area contributed by atoms with Gasteiger partial charge in [0.15, 0.2) is 0 Å². The minimum atomic E-state index is -5.10. The first-order valence-electron chi connectivity index (χ1n) is 2.59. The molecule has 71 valence electrons. The zero-order valence-electron chi connectivity index (χ0n) is 5.92. The number of carboxylic acid groups (broad SMARTS) is 1. The van der Waals surface area contributed by atoms with Crippen molar-refractivity contribution >= 4 is 16.1 Å². The minimum absolute atomic E-state index is 0.444. The normalized spacial score (nSPS) is 17.4. The molecule has 7 nitrogen and oxygen atoms in total. The quantitative estimate of drug-likeness (QED) is 0.426. The second-order valence-corrected chi connectivity index (χ2v) is 3.90. The van der Waals surface area contributed by atoms with Gasteiger partial charge in [-0.25, -0.2) is 0 Å². The lowest BCUT2D eigenvalue weighted by atomic mass is 10.1. The van der Waals surface area contributed by atoms with E-state index >= 15 is 0 Å². The lowest BCUT2D eigenvalue weighted by Crippen LogP contribution is -2.48. The third-order valence-electron chi connectivity index (χ3n) is 1.35. The van der Waals surface area contributed by atoms with E-state index in [1.807, 2.05) is 0 Å². The van der Waals surface area contributed by atoms with Gasteiger partial charge < -0.3 is 15.3 Å². The van der Waals surface area contributed by atoms with E-state index in [0.717, 1.165) is 0 Å². The topological polar surface area (TPSA) is 132 Å². The van der Waals surface area contributed by atoms with Crippen LogP contribution in [-0.2, 0) is 14.9 Å². The maximum absolute atomic E-state index is 10.4. The molecule has 0 saturated heterocycles. The van der Waals surface area contributed by atoms with Gasteiger partial charge in [0.05, 0.1) is 0 Å². The maximum atomic E-state index is 10.4. The Morgan fingerprint density at radius 2 is 1.58 bits per heavy atom. The van der Waals surface area contributed by atoms with Crippen molar-refractivity contribution in [2.75, 3.05) is 0 Å². The van der Waals surface area contributed by atoms with Crippen molar-refractivity contribution in [3.05, 3.63) is 6.29 Å². The Kier molecular flexibility index (Phi) is 2.80. The third-order valence-corrected chi connectivity index (χ3v) is 2.74. The average Bonchev–Trinajstić information content (AvgIpc) is 1.82. The van der Waals surface area contributed by atoms with Crippen molar-refractivity contribution < 1.29 is 33.1 Å². The molecule has 1 unspecified atom stereocenters. The van der Waals surface area contributed by atoms with Crippen LogP contribution in [0.3, 0.4) is 0 Å². The van der Waals surface area contributed by atoms with E-state index in [-0.39, 0.29) is 0 Å². The van der Waals surface area contributed by atoms with Gasteiger partial charge in [-0.2, -0.15) is 8.42 Å². The summed E-state index contributed by atoms with van der Waals surface area (Å²) in [4.78, 5) is 10.2. The molecule has 0 aromatic carbocycles. The molecule has 1 radical (unpaired) electrons. The van der Waals surface area contributed by atoms with Crippen LogP contribution in [0.4, 0.5) is 0 Å².